The number of ether oxygens (including phenoxy) is 1. The van der Waals surface area contributed by atoms with Crippen LogP contribution in [0.4, 0.5) is 0 Å². The number of nitrogens with zero attached hydrogens (tertiary/aromatic N) is 1. The van der Waals surface area contributed by atoms with Crippen LogP contribution in [0.3, 0.4) is 0 Å². The summed E-state index contributed by atoms with van der Waals surface area (Å²) in [5.41, 5.74) is 1.06. The summed E-state index contributed by atoms with van der Waals surface area (Å²) in [6.45, 7) is 6.29. The molecule has 0 aliphatic heterocycles. The number of aromatic nitrogens is 1. The van der Waals surface area contributed by atoms with Gasteiger partial charge in [-0.05, 0) is 32.9 Å². The van der Waals surface area contributed by atoms with E-state index < -0.39 is 0 Å². The smallest absolute Gasteiger partial charge is 0.0693 e. The summed E-state index contributed by atoms with van der Waals surface area (Å²) in [5.74, 6) is 0. The normalized spacial score (nSPS) is 17.1. The lowest BCUT2D eigenvalue weighted by molar-refractivity contribution is 0.0850. The molecule has 1 N–H and O–H groups in total. The van der Waals surface area contributed by atoms with E-state index in [0.717, 1.165) is 5.69 Å². The Balaban J connectivity index is 2.52. The van der Waals surface area contributed by atoms with Gasteiger partial charge in [-0.25, -0.2) is 0 Å². The first kappa shape index (κ1) is 12.1. The van der Waals surface area contributed by atoms with Crippen LogP contribution in [0.5, 0.6) is 0 Å². The van der Waals surface area contributed by atoms with Gasteiger partial charge in [0.05, 0.1) is 11.8 Å². The Morgan fingerprint density at radius 1 is 1.27 bits per heavy atom. The van der Waals surface area contributed by atoms with Gasteiger partial charge in [0.1, 0.15) is 0 Å². The minimum atomic E-state index is 0.205. The van der Waals surface area contributed by atoms with Crippen molar-refractivity contribution in [1.82, 2.24) is 10.3 Å². The van der Waals surface area contributed by atoms with Crippen molar-refractivity contribution in [3.8, 4) is 0 Å². The van der Waals surface area contributed by atoms with Gasteiger partial charge < -0.3 is 10.1 Å². The highest BCUT2D eigenvalue weighted by molar-refractivity contribution is 5.07. The molecule has 15 heavy (non-hydrogen) atoms. The third-order valence-corrected chi connectivity index (χ3v) is 2.72. The lowest BCUT2D eigenvalue weighted by Crippen LogP contribution is -2.38. The number of nitrogens with one attached hydrogen (secondary N) is 1. The van der Waals surface area contributed by atoms with Crippen LogP contribution in [-0.4, -0.2) is 24.2 Å². The Bertz CT molecular complexity index is 276. The molecule has 3 atom stereocenters. The van der Waals surface area contributed by atoms with Crippen molar-refractivity contribution >= 4 is 0 Å². The van der Waals surface area contributed by atoms with Gasteiger partial charge in [-0.3, -0.25) is 4.98 Å². The minimum Gasteiger partial charge on any atom is -0.380 e. The Morgan fingerprint density at radius 2 is 2.00 bits per heavy atom. The van der Waals surface area contributed by atoms with Crippen molar-refractivity contribution < 1.29 is 4.74 Å². The average molecular weight is 208 g/mol. The Labute approximate surface area is 91.9 Å². The van der Waals surface area contributed by atoms with Crippen LogP contribution in [0.25, 0.3) is 0 Å². The van der Waals surface area contributed by atoms with Crippen molar-refractivity contribution in [3.05, 3.63) is 30.1 Å². The van der Waals surface area contributed by atoms with Gasteiger partial charge in [0.15, 0.2) is 0 Å². The van der Waals surface area contributed by atoms with Gasteiger partial charge in [0.25, 0.3) is 0 Å². The molecule has 3 heteroatoms. The molecule has 0 saturated heterocycles. The first-order chi connectivity index (χ1) is 7.15. The maximum Gasteiger partial charge on any atom is 0.0693 e. The van der Waals surface area contributed by atoms with E-state index in [4.69, 9.17) is 4.74 Å². The van der Waals surface area contributed by atoms with Gasteiger partial charge >= 0.3 is 0 Å². The highest BCUT2D eigenvalue weighted by atomic mass is 16.5. The summed E-state index contributed by atoms with van der Waals surface area (Å²) in [4.78, 5) is 4.31. The van der Waals surface area contributed by atoms with Gasteiger partial charge in [-0.1, -0.05) is 6.07 Å². The Hall–Kier alpha value is -0.930. The number of rotatable bonds is 5. The molecule has 1 heterocycles. The molecule has 0 aliphatic carbocycles. The second-order valence-electron chi connectivity index (χ2n) is 3.87. The van der Waals surface area contributed by atoms with Crippen LogP contribution < -0.4 is 5.32 Å². The molecular weight excluding hydrogens is 188 g/mol. The minimum absolute atomic E-state index is 0.205. The summed E-state index contributed by atoms with van der Waals surface area (Å²) in [6, 6.07) is 6.52. The summed E-state index contributed by atoms with van der Waals surface area (Å²) < 4.78 is 5.27. The van der Waals surface area contributed by atoms with Gasteiger partial charge in [0, 0.05) is 25.4 Å². The lowest BCUT2D eigenvalue weighted by atomic mass is 10.1. The number of methoxy groups -OCH3 is 1. The second kappa shape index (κ2) is 5.83. The molecule has 1 aromatic rings. The van der Waals surface area contributed by atoms with Crippen LogP contribution in [-0.2, 0) is 4.74 Å². The molecule has 0 saturated carbocycles. The standard InChI is InChI=1S/C12H20N2O/c1-9(11(3)15-4)14-10(2)12-7-5-6-8-13-12/h5-11,14H,1-4H3. The number of hydrogen-bond acceptors (Lipinski definition) is 3. The van der Waals surface area contributed by atoms with Gasteiger partial charge in [0.2, 0.25) is 0 Å². The lowest BCUT2D eigenvalue weighted by Gasteiger charge is -2.23. The molecule has 84 valence electrons. The fourth-order valence-electron chi connectivity index (χ4n) is 1.45. The molecule has 0 bridgehead atoms. The maximum atomic E-state index is 5.27. The molecule has 1 aromatic heterocycles. The average Bonchev–Trinajstić information content (AvgIpc) is 2.29. The van der Waals surface area contributed by atoms with Crippen molar-refractivity contribution in [3.63, 3.8) is 0 Å². The van der Waals surface area contributed by atoms with Crippen molar-refractivity contribution in [1.29, 1.82) is 0 Å². The summed E-state index contributed by atoms with van der Waals surface area (Å²) >= 11 is 0. The van der Waals surface area contributed by atoms with Gasteiger partial charge in [-0.15, -0.1) is 0 Å². The zero-order valence-electron chi connectivity index (χ0n) is 9.90. The molecular formula is C12H20N2O. The monoisotopic (exact) mass is 208 g/mol. The fourth-order valence-corrected chi connectivity index (χ4v) is 1.45. The third-order valence-electron chi connectivity index (χ3n) is 2.72. The molecule has 3 unspecified atom stereocenters. The molecule has 0 spiro atoms. The van der Waals surface area contributed by atoms with E-state index >= 15 is 0 Å². The molecule has 0 aliphatic rings. The van der Waals surface area contributed by atoms with Crippen LogP contribution in [0.15, 0.2) is 24.4 Å². The van der Waals surface area contributed by atoms with Crippen molar-refractivity contribution in [2.75, 3.05) is 7.11 Å². The SMILES string of the molecule is COC(C)C(C)NC(C)c1ccccn1. The van der Waals surface area contributed by atoms with E-state index in [0.29, 0.717) is 6.04 Å². The van der Waals surface area contributed by atoms with E-state index in [1.54, 1.807) is 7.11 Å². The topological polar surface area (TPSA) is 34.1 Å². The predicted molar refractivity (Wildman–Crippen MR) is 61.7 cm³/mol. The molecule has 0 radical (unpaired) electrons. The Kier molecular flexibility index (Phi) is 4.72. The van der Waals surface area contributed by atoms with Crippen molar-refractivity contribution in [2.24, 2.45) is 0 Å². The van der Waals surface area contributed by atoms with Crippen LogP contribution in [0, 0.1) is 0 Å². The van der Waals surface area contributed by atoms with E-state index in [2.05, 4.69) is 31.1 Å². The first-order valence-corrected chi connectivity index (χ1v) is 5.35. The Morgan fingerprint density at radius 3 is 2.53 bits per heavy atom. The summed E-state index contributed by atoms with van der Waals surface area (Å²) in [7, 11) is 1.73. The molecule has 0 aromatic carbocycles. The molecule has 0 amide bonds. The molecule has 0 fully saturated rings. The van der Waals surface area contributed by atoms with Crippen LogP contribution in [0.1, 0.15) is 32.5 Å². The van der Waals surface area contributed by atoms with E-state index in [-0.39, 0.29) is 12.1 Å². The molecule has 3 nitrogen and oxygen atoms in total. The van der Waals surface area contributed by atoms with Crippen molar-refractivity contribution in [2.45, 2.75) is 39.0 Å². The van der Waals surface area contributed by atoms with Crippen LogP contribution in [0.2, 0.25) is 0 Å². The number of pyridine rings is 1. The highest BCUT2D eigenvalue weighted by Gasteiger charge is 2.15. The molecule has 1 rings (SSSR count). The zero-order valence-corrected chi connectivity index (χ0v) is 9.90. The predicted octanol–water partition coefficient (Wildman–Crippen LogP) is 2.16. The largest absolute Gasteiger partial charge is 0.380 e. The third kappa shape index (κ3) is 3.61. The zero-order chi connectivity index (χ0) is 11.3. The first-order valence-electron chi connectivity index (χ1n) is 5.35. The van der Waals surface area contributed by atoms with E-state index in [9.17, 15) is 0 Å². The van der Waals surface area contributed by atoms with E-state index in [1.807, 2.05) is 24.4 Å². The summed E-state index contributed by atoms with van der Waals surface area (Å²) in [6.07, 6.45) is 2.02. The number of hydrogen-bond donors (Lipinski definition) is 1. The van der Waals surface area contributed by atoms with E-state index in [1.165, 1.54) is 0 Å². The van der Waals surface area contributed by atoms with Crippen LogP contribution >= 0.6 is 0 Å². The summed E-state index contributed by atoms with van der Waals surface area (Å²) in [5, 5.41) is 3.46. The highest BCUT2D eigenvalue weighted by Crippen LogP contribution is 2.10. The second-order valence-corrected chi connectivity index (χ2v) is 3.87. The van der Waals surface area contributed by atoms with Gasteiger partial charge in [-0.2, -0.15) is 0 Å². The fraction of sp³-hybridized carbons (Fsp3) is 0.583. The quantitative estimate of drug-likeness (QED) is 0.805. The maximum absolute atomic E-state index is 5.27.